The van der Waals surface area contributed by atoms with Gasteiger partial charge in [-0.05, 0) is 18.9 Å². The predicted octanol–water partition coefficient (Wildman–Crippen LogP) is 2.08. The van der Waals surface area contributed by atoms with Gasteiger partial charge in [0, 0.05) is 25.0 Å². The van der Waals surface area contributed by atoms with E-state index in [9.17, 15) is 14.4 Å². The molecule has 0 unspecified atom stereocenters. The van der Waals surface area contributed by atoms with Crippen LogP contribution in [0.1, 0.15) is 37.7 Å². The van der Waals surface area contributed by atoms with Gasteiger partial charge in [-0.2, -0.15) is 5.10 Å². The Morgan fingerprint density at radius 1 is 1.23 bits per heavy atom. The smallest absolute Gasteiger partial charge is 0.307 e. The van der Waals surface area contributed by atoms with E-state index in [0.717, 1.165) is 0 Å². The molecule has 2 rings (SSSR count). The molecule has 0 saturated carbocycles. The summed E-state index contributed by atoms with van der Waals surface area (Å²) < 4.78 is 5.97. The topological polar surface area (TPSA) is 81.5 Å². The third kappa shape index (κ3) is 4.28. The summed E-state index contributed by atoms with van der Waals surface area (Å²) in [5.74, 6) is -0.441. The third-order valence-corrected chi connectivity index (χ3v) is 4.06. The Labute approximate surface area is 152 Å². The lowest BCUT2D eigenvalue weighted by Gasteiger charge is -2.24. The minimum atomic E-state index is -0.372. The Balaban J connectivity index is 2.48. The number of amides is 1. The number of hydrogen-bond donors (Lipinski definition) is 0. The molecule has 7 nitrogen and oxygen atoms in total. The van der Waals surface area contributed by atoms with Crippen molar-refractivity contribution >= 4 is 22.6 Å². The summed E-state index contributed by atoms with van der Waals surface area (Å²) in [6.45, 7) is 6.90. The molecule has 26 heavy (non-hydrogen) atoms. The van der Waals surface area contributed by atoms with Crippen molar-refractivity contribution in [1.82, 2.24) is 14.7 Å². The number of fused-ring (bicyclic) bond motifs is 1. The fourth-order valence-electron chi connectivity index (χ4n) is 2.80. The Morgan fingerprint density at radius 2 is 1.88 bits per heavy atom. The highest BCUT2D eigenvalue weighted by Gasteiger charge is 2.23. The molecule has 1 aromatic carbocycles. The maximum absolute atomic E-state index is 13.2. The van der Waals surface area contributed by atoms with Crippen LogP contribution in [-0.4, -0.2) is 46.8 Å². The van der Waals surface area contributed by atoms with Gasteiger partial charge in [0.1, 0.15) is 0 Å². The van der Waals surface area contributed by atoms with Gasteiger partial charge in [-0.15, -0.1) is 0 Å². The summed E-state index contributed by atoms with van der Waals surface area (Å²) in [6.07, 6.45) is 0.111. The lowest BCUT2D eigenvalue weighted by molar-refractivity contribution is -0.140. The Hall–Kier alpha value is -2.70. The van der Waals surface area contributed by atoms with Gasteiger partial charge in [-0.1, -0.05) is 32.0 Å². The van der Waals surface area contributed by atoms with E-state index in [0.29, 0.717) is 23.9 Å². The van der Waals surface area contributed by atoms with Crippen LogP contribution in [0.5, 0.6) is 0 Å². The zero-order valence-corrected chi connectivity index (χ0v) is 15.7. The average Bonchev–Trinajstić information content (AvgIpc) is 2.64. The maximum Gasteiger partial charge on any atom is 0.307 e. The van der Waals surface area contributed by atoms with Crippen LogP contribution in [-0.2, 0) is 16.1 Å². The molecule has 0 bridgehead atoms. The third-order valence-electron chi connectivity index (χ3n) is 4.06. The zero-order valence-electron chi connectivity index (χ0n) is 15.7. The molecule has 0 N–H and O–H groups in total. The van der Waals surface area contributed by atoms with Gasteiger partial charge in [-0.25, -0.2) is 4.68 Å². The number of ether oxygens (including phenoxy) is 1. The molecular weight excluding hydrogens is 334 g/mol. The first-order chi connectivity index (χ1) is 12.4. The van der Waals surface area contributed by atoms with Gasteiger partial charge >= 0.3 is 5.97 Å². The van der Waals surface area contributed by atoms with Crippen LogP contribution in [0.25, 0.3) is 10.8 Å². The van der Waals surface area contributed by atoms with Crippen LogP contribution in [0, 0.1) is 5.92 Å². The molecule has 7 heteroatoms. The van der Waals surface area contributed by atoms with Crippen molar-refractivity contribution in [3.05, 3.63) is 40.3 Å². The average molecular weight is 359 g/mol. The normalized spacial score (nSPS) is 11.0. The largest absolute Gasteiger partial charge is 0.469 e. The molecule has 2 aromatic rings. The Bertz CT molecular complexity index is 857. The molecule has 0 spiro atoms. The van der Waals surface area contributed by atoms with E-state index in [-0.39, 0.29) is 42.0 Å². The second kappa shape index (κ2) is 8.60. The van der Waals surface area contributed by atoms with Gasteiger partial charge in [0.25, 0.3) is 11.5 Å². The Kier molecular flexibility index (Phi) is 6.49. The molecule has 0 aliphatic rings. The molecule has 0 radical (unpaired) electrons. The number of aryl methyl sites for hydroxylation is 1. The number of carbonyl (C=O) groups excluding carboxylic acids is 2. The quantitative estimate of drug-likeness (QED) is 0.707. The van der Waals surface area contributed by atoms with Crippen LogP contribution < -0.4 is 5.56 Å². The van der Waals surface area contributed by atoms with Crippen LogP contribution in [0.15, 0.2) is 29.1 Å². The van der Waals surface area contributed by atoms with Gasteiger partial charge < -0.3 is 9.64 Å². The van der Waals surface area contributed by atoms with E-state index < -0.39 is 0 Å². The molecule has 1 heterocycles. The number of nitrogens with zero attached hydrogens (tertiary/aromatic N) is 3. The van der Waals surface area contributed by atoms with Crippen LogP contribution >= 0.6 is 0 Å². The number of benzene rings is 1. The fraction of sp³-hybridized carbons (Fsp3) is 0.474. The number of methoxy groups -OCH3 is 1. The molecule has 0 saturated heterocycles. The van der Waals surface area contributed by atoms with Crippen molar-refractivity contribution in [3.8, 4) is 0 Å². The summed E-state index contributed by atoms with van der Waals surface area (Å²) in [6, 6.07) is 6.97. The summed E-state index contributed by atoms with van der Waals surface area (Å²) >= 11 is 0. The molecule has 0 aliphatic heterocycles. The molecular formula is C19H25N3O4. The monoisotopic (exact) mass is 359 g/mol. The summed E-state index contributed by atoms with van der Waals surface area (Å²) in [4.78, 5) is 38.7. The van der Waals surface area contributed by atoms with Crippen molar-refractivity contribution in [1.29, 1.82) is 0 Å². The minimum absolute atomic E-state index is 0.111. The number of esters is 1. The van der Waals surface area contributed by atoms with E-state index in [4.69, 9.17) is 0 Å². The van der Waals surface area contributed by atoms with E-state index >= 15 is 0 Å². The highest BCUT2D eigenvalue weighted by molar-refractivity contribution is 6.04. The van der Waals surface area contributed by atoms with Crippen LogP contribution in [0.3, 0.4) is 0 Å². The fourth-order valence-corrected chi connectivity index (χ4v) is 2.80. The lowest BCUT2D eigenvalue weighted by atomic mass is 10.1. The Morgan fingerprint density at radius 3 is 2.46 bits per heavy atom. The second-order valence-corrected chi connectivity index (χ2v) is 6.49. The van der Waals surface area contributed by atoms with Crippen LogP contribution in [0.2, 0.25) is 0 Å². The van der Waals surface area contributed by atoms with Gasteiger partial charge in [0.05, 0.1) is 18.9 Å². The predicted molar refractivity (Wildman–Crippen MR) is 99.1 cm³/mol. The number of rotatable bonds is 7. The molecule has 140 valence electrons. The van der Waals surface area contributed by atoms with Gasteiger partial charge in [0.2, 0.25) is 0 Å². The second-order valence-electron chi connectivity index (χ2n) is 6.49. The van der Waals surface area contributed by atoms with Gasteiger partial charge in [0.15, 0.2) is 5.69 Å². The summed E-state index contributed by atoms with van der Waals surface area (Å²) in [5.41, 5.74) is 0.0113. The van der Waals surface area contributed by atoms with Crippen molar-refractivity contribution in [2.75, 3.05) is 20.2 Å². The molecule has 0 aliphatic carbocycles. The summed E-state index contributed by atoms with van der Waals surface area (Å²) in [7, 11) is 1.32. The lowest BCUT2D eigenvalue weighted by Crippen LogP contribution is -2.38. The first kappa shape index (κ1) is 19.6. The standard InChI is InChI=1S/C19H25N3O4/c1-5-22-18(24)15-9-7-6-8-14(15)17(20-22)19(25)21(12-13(2)3)11-10-16(23)26-4/h6-9,13H,5,10-12H2,1-4H3. The van der Waals surface area contributed by atoms with E-state index in [2.05, 4.69) is 9.84 Å². The van der Waals surface area contributed by atoms with Crippen molar-refractivity contribution in [3.63, 3.8) is 0 Å². The van der Waals surface area contributed by atoms with Crippen LogP contribution in [0.4, 0.5) is 0 Å². The summed E-state index contributed by atoms with van der Waals surface area (Å²) in [5, 5.41) is 5.28. The number of hydrogen-bond acceptors (Lipinski definition) is 5. The van der Waals surface area contributed by atoms with Crippen molar-refractivity contribution in [2.45, 2.75) is 33.7 Å². The minimum Gasteiger partial charge on any atom is -0.469 e. The highest BCUT2D eigenvalue weighted by atomic mass is 16.5. The molecule has 0 atom stereocenters. The molecule has 1 amide bonds. The number of carbonyl (C=O) groups is 2. The molecule has 1 aromatic heterocycles. The highest BCUT2D eigenvalue weighted by Crippen LogP contribution is 2.16. The zero-order chi connectivity index (χ0) is 19.3. The van der Waals surface area contributed by atoms with Crippen molar-refractivity contribution < 1.29 is 14.3 Å². The van der Waals surface area contributed by atoms with E-state index in [1.807, 2.05) is 13.8 Å². The molecule has 0 fully saturated rings. The SMILES string of the molecule is CCn1nc(C(=O)N(CCC(=O)OC)CC(C)C)c2ccccc2c1=O. The maximum atomic E-state index is 13.2. The van der Waals surface area contributed by atoms with E-state index in [1.165, 1.54) is 11.8 Å². The first-order valence-electron chi connectivity index (χ1n) is 8.75. The van der Waals surface area contributed by atoms with E-state index in [1.54, 1.807) is 36.1 Å². The number of aromatic nitrogens is 2. The van der Waals surface area contributed by atoms with Gasteiger partial charge in [-0.3, -0.25) is 14.4 Å². The first-order valence-corrected chi connectivity index (χ1v) is 8.75. The van der Waals surface area contributed by atoms with Crippen molar-refractivity contribution in [2.24, 2.45) is 5.92 Å².